The molecule has 0 spiro atoms. The minimum atomic E-state index is -0.948. The smallest absolute Gasteiger partial charge is 0.318 e. The van der Waals surface area contributed by atoms with Crippen molar-refractivity contribution in [3.05, 3.63) is 55.6 Å². The number of hydrogen-bond acceptors (Lipinski definition) is 7. The maximum Gasteiger partial charge on any atom is 0.318 e. The van der Waals surface area contributed by atoms with Crippen molar-refractivity contribution in [3.63, 3.8) is 0 Å². The molecule has 3 heterocycles. The number of imidazole rings is 1. The van der Waals surface area contributed by atoms with Crippen LogP contribution < -0.4 is 16.0 Å². The van der Waals surface area contributed by atoms with Gasteiger partial charge in [0.1, 0.15) is 11.2 Å². The van der Waals surface area contributed by atoms with E-state index in [1.807, 2.05) is 4.90 Å². The van der Waals surface area contributed by atoms with Crippen LogP contribution in [0.15, 0.2) is 34.4 Å². The minimum absolute atomic E-state index is 0. The van der Waals surface area contributed by atoms with E-state index in [0.29, 0.717) is 32.0 Å². The Kier molecular flexibility index (Phi) is 4.75. The van der Waals surface area contributed by atoms with Crippen LogP contribution in [0.3, 0.4) is 0 Å². The Bertz CT molecular complexity index is 1100. The molecule has 0 radical (unpaired) electrons. The predicted molar refractivity (Wildman–Crippen MR) is 95.6 cm³/mol. The topological polar surface area (TPSA) is 171 Å². The Labute approximate surface area is 150 Å². The summed E-state index contributed by atoms with van der Waals surface area (Å²) in [4.78, 5) is 45.5. The van der Waals surface area contributed by atoms with Crippen molar-refractivity contribution < 1.29 is 15.1 Å². The second kappa shape index (κ2) is 7.01. The van der Waals surface area contributed by atoms with Crippen molar-refractivity contribution in [3.8, 4) is 5.69 Å². The Morgan fingerprint density at radius 2 is 1.78 bits per heavy atom. The van der Waals surface area contributed by atoms with E-state index in [0.717, 1.165) is 0 Å². The molecule has 1 aliphatic rings. The molecule has 27 heavy (non-hydrogen) atoms. The third-order valence-corrected chi connectivity index (χ3v) is 4.26. The lowest BCUT2D eigenvalue weighted by molar-refractivity contribution is -0.383. The highest BCUT2D eigenvalue weighted by Gasteiger charge is 2.27. The maximum atomic E-state index is 11.8. The Morgan fingerprint density at radius 1 is 1.11 bits per heavy atom. The van der Waals surface area contributed by atoms with E-state index in [1.54, 1.807) is 12.3 Å². The summed E-state index contributed by atoms with van der Waals surface area (Å²) < 4.78 is 6.84. The number of aromatic nitrogens is 4. The van der Waals surface area contributed by atoms with Gasteiger partial charge >= 0.3 is 16.8 Å². The summed E-state index contributed by atoms with van der Waals surface area (Å²) in [7, 11) is 0. The van der Waals surface area contributed by atoms with Gasteiger partial charge in [0.15, 0.2) is 0 Å². The molecule has 12 heteroatoms. The first-order valence-corrected chi connectivity index (χ1v) is 7.85. The van der Waals surface area contributed by atoms with E-state index < -0.39 is 16.0 Å². The summed E-state index contributed by atoms with van der Waals surface area (Å²) in [6, 6.07) is 1.61. The first-order chi connectivity index (χ1) is 12.6. The summed E-state index contributed by atoms with van der Waals surface area (Å²) in [6.45, 7) is 2.09. The van der Waals surface area contributed by atoms with Crippen LogP contribution in [0.5, 0.6) is 0 Å². The lowest BCUT2D eigenvalue weighted by atomic mass is 10.1. The van der Waals surface area contributed by atoms with Crippen molar-refractivity contribution in [1.29, 1.82) is 0 Å². The molecule has 1 aliphatic heterocycles. The van der Waals surface area contributed by atoms with Gasteiger partial charge in [-0.15, -0.1) is 0 Å². The highest BCUT2D eigenvalue weighted by Crippen LogP contribution is 2.36. The van der Waals surface area contributed by atoms with E-state index in [2.05, 4.69) is 15.0 Å². The number of nitrogens with zero attached hydrogens (tertiary/aromatic N) is 4. The normalized spacial score (nSPS) is 14.1. The zero-order valence-corrected chi connectivity index (χ0v) is 14.0. The summed E-state index contributed by atoms with van der Waals surface area (Å²) in [5.74, 6) is 0. The van der Waals surface area contributed by atoms with Crippen LogP contribution in [-0.2, 0) is 4.74 Å². The first kappa shape index (κ1) is 18.3. The lowest BCUT2D eigenvalue weighted by Gasteiger charge is -2.30. The number of benzene rings is 1. The highest BCUT2D eigenvalue weighted by atomic mass is 16.6. The molecule has 0 amide bonds. The average molecular weight is 376 g/mol. The first-order valence-electron chi connectivity index (χ1n) is 7.85. The fourth-order valence-electron chi connectivity index (χ4n) is 3.07. The molecule has 12 nitrogen and oxygen atoms in total. The second-order valence-corrected chi connectivity index (χ2v) is 5.75. The summed E-state index contributed by atoms with van der Waals surface area (Å²) >= 11 is 0. The van der Waals surface area contributed by atoms with Gasteiger partial charge in [-0.2, -0.15) is 0 Å². The molecule has 4 rings (SSSR count). The zero-order chi connectivity index (χ0) is 18.3. The SMILES string of the molecule is O.O=c1[nH]c2c(N3CCOCC3)cc(-n3ccnc3)c([N+](=O)[O-])c2[nH]c1=O. The zero-order valence-electron chi connectivity index (χ0n) is 14.0. The van der Waals surface area contributed by atoms with Crippen LogP contribution in [0, 0.1) is 10.1 Å². The van der Waals surface area contributed by atoms with E-state index in [1.165, 1.54) is 17.1 Å². The van der Waals surface area contributed by atoms with E-state index in [4.69, 9.17) is 4.74 Å². The number of ether oxygens (including phenoxy) is 1. The molecule has 0 bridgehead atoms. The number of fused-ring (bicyclic) bond motifs is 1. The van der Waals surface area contributed by atoms with Crippen LogP contribution in [0.2, 0.25) is 0 Å². The number of nitro groups is 1. The third kappa shape index (κ3) is 3.07. The number of morpholine rings is 1. The van der Waals surface area contributed by atoms with Gasteiger partial charge in [0.25, 0.3) is 0 Å². The fourth-order valence-corrected chi connectivity index (χ4v) is 3.07. The molecule has 4 N–H and O–H groups in total. The number of hydrogen-bond donors (Lipinski definition) is 2. The second-order valence-electron chi connectivity index (χ2n) is 5.75. The van der Waals surface area contributed by atoms with Gasteiger partial charge < -0.3 is 29.6 Å². The van der Waals surface area contributed by atoms with Gasteiger partial charge in [-0.25, -0.2) is 4.98 Å². The largest absolute Gasteiger partial charge is 0.412 e. The monoisotopic (exact) mass is 376 g/mol. The Morgan fingerprint density at radius 3 is 2.37 bits per heavy atom. The number of aromatic amines is 2. The molecule has 1 saturated heterocycles. The molecule has 0 atom stereocenters. The molecule has 1 fully saturated rings. The fraction of sp³-hybridized carbons (Fsp3) is 0.267. The predicted octanol–water partition coefficient (Wildman–Crippen LogP) is -0.678. The third-order valence-electron chi connectivity index (χ3n) is 4.26. The van der Waals surface area contributed by atoms with E-state index >= 15 is 0 Å². The van der Waals surface area contributed by atoms with Gasteiger partial charge in [-0.1, -0.05) is 0 Å². The maximum absolute atomic E-state index is 11.8. The summed E-state index contributed by atoms with van der Waals surface area (Å²) in [5, 5.41) is 11.7. The molecule has 142 valence electrons. The molecule has 1 aromatic carbocycles. The molecular weight excluding hydrogens is 360 g/mol. The number of nitro benzene ring substituents is 1. The van der Waals surface area contributed by atoms with Crippen LogP contribution in [0.4, 0.5) is 11.4 Å². The number of H-pyrrole nitrogens is 2. The molecule has 3 aromatic rings. The highest BCUT2D eigenvalue weighted by molar-refractivity contribution is 5.98. The van der Waals surface area contributed by atoms with Crippen molar-refractivity contribution in [2.24, 2.45) is 0 Å². The van der Waals surface area contributed by atoms with Crippen molar-refractivity contribution >= 4 is 22.4 Å². The molecule has 2 aromatic heterocycles. The van der Waals surface area contributed by atoms with Crippen LogP contribution in [0.1, 0.15) is 0 Å². The molecule has 0 saturated carbocycles. The van der Waals surface area contributed by atoms with Crippen molar-refractivity contribution in [1.82, 2.24) is 19.5 Å². The summed E-state index contributed by atoms with van der Waals surface area (Å²) in [6.07, 6.45) is 4.50. The Balaban J connectivity index is 0.00000210. The van der Waals surface area contributed by atoms with Gasteiger partial charge in [0.05, 0.1) is 35.7 Å². The van der Waals surface area contributed by atoms with Crippen LogP contribution in [-0.4, -0.2) is 56.2 Å². The summed E-state index contributed by atoms with van der Waals surface area (Å²) in [5.41, 5.74) is -1.13. The number of anilines is 1. The van der Waals surface area contributed by atoms with Gasteiger partial charge in [-0.05, 0) is 6.07 Å². The van der Waals surface area contributed by atoms with E-state index in [9.17, 15) is 19.7 Å². The minimum Gasteiger partial charge on any atom is -0.412 e. The van der Waals surface area contributed by atoms with Crippen LogP contribution >= 0.6 is 0 Å². The van der Waals surface area contributed by atoms with E-state index in [-0.39, 0.29) is 27.9 Å². The van der Waals surface area contributed by atoms with Gasteiger partial charge in [0.2, 0.25) is 0 Å². The molecule has 0 unspecified atom stereocenters. The van der Waals surface area contributed by atoms with Gasteiger partial charge in [0, 0.05) is 25.5 Å². The Hall–Kier alpha value is -3.51. The van der Waals surface area contributed by atoms with Crippen molar-refractivity contribution in [2.45, 2.75) is 0 Å². The average Bonchev–Trinajstić information content (AvgIpc) is 3.16. The number of nitrogens with one attached hydrogen (secondary N) is 2. The van der Waals surface area contributed by atoms with Gasteiger partial charge in [-0.3, -0.25) is 19.7 Å². The van der Waals surface area contributed by atoms with Crippen molar-refractivity contribution in [2.75, 3.05) is 31.2 Å². The van der Waals surface area contributed by atoms with Crippen LogP contribution in [0.25, 0.3) is 16.7 Å². The quantitative estimate of drug-likeness (QED) is 0.346. The molecule has 0 aliphatic carbocycles. The lowest BCUT2D eigenvalue weighted by Crippen LogP contribution is -2.37. The number of rotatable bonds is 3. The molecular formula is C15H16N6O6. The standard InChI is InChI=1S/C15H14N6O5.H2O/c22-14-15(23)18-12-11(17-14)9(19-3-5-26-6-4-19)7-10(13(12)21(24)25)20-2-1-16-8-20;/h1-2,7-8H,3-6H2,(H,17,22)(H,18,23);1H2.